The molecule has 1 aliphatic heterocycles. The van der Waals surface area contributed by atoms with Crippen LogP contribution < -0.4 is 9.64 Å². The zero-order valence-electron chi connectivity index (χ0n) is 19.6. The summed E-state index contributed by atoms with van der Waals surface area (Å²) in [5, 5.41) is 0. The third kappa shape index (κ3) is 4.93. The molecular formula is C28H30FNO3. The Hall–Kier alpha value is -3.18. The molecule has 3 aromatic carbocycles. The summed E-state index contributed by atoms with van der Waals surface area (Å²) in [5.41, 5.74) is 4.39. The molecule has 4 nitrogen and oxygen atoms in total. The molecule has 1 heterocycles. The van der Waals surface area contributed by atoms with Gasteiger partial charge in [-0.3, -0.25) is 4.79 Å². The van der Waals surface area contributed by atoms with Crippen LogP contribution in [0.2, 0.25) is 0 Å². The van der Waals surface area contributed by atoms with Gasteiger partial charge in [-0.25, -0.2) is 4.39 Å². The molecular weight excluding hydrogens is 417 g/mol. The Bertz CT molecular complexity index is 1120. The van der Waals surface area contributed by atoms with Crippen molar-refractivity contribution in [2.24, 2.45) is 0 Å². The Balaban J connectivity index is 1.56. The molecule has 0 N–H and O–H groups in total. The SMILES string of the molecule is COC(C)c1ccc(-c2ccc3c(c2)CCCN3C(=O)C(C)(C)Oc2ccc(F)cc2)cc1. The third-order valence-corrected chi connectivity index (χ3v) is 6.21. The number of anilines is 1. The summed E-state index contributed by atoms with van der Waals surface area (Å²) in [5.74, 6) is 0.0158. The summed E-state index contributed by atoms with van der Waals surface area (Å²) in [6.45, 7) is 6.18. The Morgan fingerprint density at radius 2 is 1.67 bits per heavy atom. The number of rotatable bonds is 6. The van der Waals surface area contributed by atoms with Crippen molar-refractivity contribution >= 4 is 11.6 Å². The Labute approximate surface area is 195 Å². The van der Waals surface area contributed by atoms with Crippen molar-refractivity contribution in [3.05, 3.63) is 83.7 Å². The van der Waals surface area contributed by atoms with Crippen LogP contribution in [0.3, 0.4) is 0 Å². The summed E-state index contributed by atoms with van der Waals surface area (Å²) in [7, 11) is 1.71. The van der Waals surface area contributed by atoms with Crippen LogP contribution in [-0.4, -0.2) is 25.2 Å². The van der Waals surface area contributed by atoms with Gasteiger partial charge in [0.2, 0.25) is 0 Å². The zero-order valence-corrected chi connectivity index (χ0v) is 19.6. The van der Waals surface area contributed by atoms with Crippen LogP contribution in [0, 0.1) is 5.82 Å². The monoisotopic (exact) mass is 447 g/mol. The summed E-state index contributed by atoms with van der Waals surface area (Å²) >= 11 is 0. The van der Waals surface area contributed by atoms with Gasteiger partial charge in [-0.15, -0.1) is 0 Å². The van der Waals surface area contributed by atoms with E-state index in [4.69, 9.17) is 9.47 Å². The first-order valence-corrected chi connectivity index (χ1v) is 11.3. The van der Waals surface area contributed by atoms with Crippen LogP contribution in [0.1, 0.15) is 44.4 Å². The van der Waals surface area contributed by atoms with E-state index in [9.17, 15) is 9.18 Å². The molecule has 0 aliphatic carbocycles. The lowest BCUT2D eigenvalue weighted by atomic mass is 9.94. The average molecular weight is 448 g/mol. The van der Waals surface area contributed by atoms with Crippen molar-refractivity contribution in [1.29, 1.82) is 0 Å². The maximum Gasteiger partial charge on any atom is 0.270 e. The molecule has 0 radical (unpaired) electrons. The number of carbonyl (C=O) groups excluding carboxylic acids is 1. The fraction of sp³-hybridized carbons (Fsp3) is 0.321. The number of nitrogens with zero attached hydrogens (tertiary/aromatic N) is 1. The lowest BCUT2D eigenvalue weighted by molar-refractivity contribution is -0.131. The lowest BCUT2D eigenvalue weighted by Crippen LogP contribution is -2.50. The number of hydrogen-bond donors (Lipinski definition) is 0. The lowest BCUT2D eigenvalue weighted by Gasteiger charge is -2.36. The largest absolute Gasteiger partial charge is 0.478 e. The van der Waals surface area contributed by atoms with Gasteiger partial charge in [0.1, 0.15) is 11.6 Å². The third-order valence-electron chi connectivity index (χ3n) is 6.21. The van der Waals surface area contributed by atoms with Crippen LogP contribution in [0.15, 0.2) is 66.7 Å². The molecule has 0 aromatic heterocycles. The van der Waals surface area contributed by atoms with Crippen LogP contribution in [-0.2, 0) is 16.0 Å². The summed E-state index contributed by atoms with van der Waals surface area (Å²) in [6, 6.07) is 20.4. The summed E-state index contributed by atoms with van der Waals surface area (Å²) in [4.78, 5) is 15.3. The standard InChI is InChI=1S/C28H30FNO3/c1-19(32-4)20-7-9-21(10-8-20)22-11-16-26-23(18-22)6-5-17-30(26)27(31)28(2,3)33-25-14-12-24(29)13-15-25/h7-16,18-19H,5-6,17H2,1-4H3. The number of aryl methyl sites for hydroxylation is 1. The smallest absolute Gasteiger partial charge is 0.270 e. The van der Waals surface area contributed by atoms with E-state index < -0.39 is 5.60 Å². The van der Waals surface area contributed by atoms with Gasteiger partial charge >= 0.3 is 0 Å². The van der Waals surface area contributed by atoms with Crippen LogP contribution in [0.25, 0.3) is 11.1 Å². The Kier molecular flexibility index (Phi) is 6.52. The number of amides is 1. The van der Waals surface area contributed by atoms with E-state index >= 15 is 0 Å². The molecule has 1 amide bonds. The molecule has 1 unspecified atom stereocenters. The molecule has 172 valence electrons. The highest BCUT2D eigenvalue weighted by atomic mass is 19.1. The van der Waals surface area contributed by atoms with Gasteiger partial charge in [0.05, 0.1) is 6.10 Å². The number of hydrogen-bond acceptors (Lipinski definition) is 3. The normalized spacial score (nSPS) is 14.5. The molecule has 4 rings (SSSR count). The summed E-state index contributed by atoms with van der Waals surface area (Å²) < 4.78 is 24.6. The van der Waals surface area contributed by atoms with Gasteiger partial charge in [-0.2, -0.15) is 0 Å². The first kappa shape index (κ1) is 23.0. The first-order chi connectivity index (χ1) is 15.8. The van der Waals surface area contributed by atoms with Crippen LogP contribution in [0.4, 0.5) is 10.1 Å². The predicted molar refractivity (Wildman–Crippen MR) is 129 cm³/mol. The number of carbonyl (C=O) groups is 1. The van der Waals surface area contributed by atoms with Gasteiger partial charge in [-0.05, 0) is 92.3 Å². The number of fused-ring (bicyclic) bond motifs is 1. The van der Waals surface area contributed by atoms with Crippen molar-refractivity contribution < 1.29 is 18.7 Å². The first-order valence-electron chi connectivity index (χ1n) is 11.3. The maximum absolute atomic E-state index is 13.5. The van der Waals surface area contributed by atoms with E-state index in [2.05, 4.69) is 36.4 Å². The second-order valence-corrected chi connectivity index (χ2v) is 8.97. The molecule has 5 heteroatoms. The van der Waals surface area contributed by atoms with Crippen molar-refractivity contribution in [2.45, 2.75) is 45.3 Å². The highest BCUT2D eigenvalue weighted by molar-refractivity contribution is 6.00. The van der Waals surface area contributed by atoms with Crippen LogP contribution in [0.5, 0.6) is 5.75 Å². The quantitative estimate of drug-likeness (QED) is 0.443. The van der Waals surface area contributed by atoms with E-state index in [0.717, 1.165) is 40.8 Å². The molecule has 0 fully saturated rings. The molecule has 33 heavy (non-hydrogen) atoms. The Morgan fingerprint density at radius 3 is 2.33 bits per heavy atom. The fourth-order valence-corrected chi connectivity index (χ4v) is 4.24. The number of halogens is 1. The molecule has 1 atom stereocenters. The minimum absolute atomic E-state index is 0.0580. The van der Waals surface area contributed by atoms with Gasteiger partial charge in [-0.1, -0.05) is 30.3 Å². The highest BCUT2D eigenvalue weighted by Crippen LogP contribution is 2.34. The molecule has 3 aromatic rings. The number of methoxy groups -OCH3 is 1. The number of ether oxygens (including phenoxy) is 2. The number of benzene rings is 3. The minimum Gasteiger partial charge on any atom is -0.478 e. The average Bonchev–Trinajstić information content (AvgIpc) is 2.83. The molecule has 0 saturated heterocycles. The van der Waals surface area contributed by atoms with Gasteiger partial charge in [0.15, 0.2) is 5.60 Å². The van der Waals surface area contributed by atoms with Gasteiger partial charge in [0, 0.05) is 19.3 Å². The second kappa shape index (κ2) is 9.36. The van der Waals surface area contributed by atoms with Crippen molar-refractivity contribution in [3.63, 3.8) is 0 Å². The van der Waals surface area contributed by atoms with E-state index in [1.54, 1.807) is 33.1 Å². The summed E-state index contributed by atoms with van der Waals surface area (Å²) in [6.07, 6.45) is 1.87. The van der Waals surface area contributed by atoms with Crippen molar-refractivity contribution in [2.75, 3.05) is 18.6 Å². The molecule has 0 saturated carbocycles. The predicted octanol–water partition coefficient (Wildman–Crippen LogP) is 6.34. The van der Waals surface area contributed by atoms with Gasteiger partial charge in [0.25, 0.3) is 5.91 Å². The van der Waals surface area contributed by atoms with E-state index in [1.165, 1.54) is 12.1 Å². The zero-order chi connectivity index (χ0) is 23.6. The topological polar surface area (TPSA) is 38.8 Å². The van der Waals surface area contributed by atoms with E-state index in [-0.39, 0.29) is 17.8 Å². The highest BCUT2D eigenvalue weighted by Gasteiger charge is 2.36. The maximum atomic E-state index is 13.5. The molecule has 1 aliphatic rings. The fourth-order valence-electron chi connectivity index (χ4n) is 4.24. The molecule has 0 bridgehead atoms. The van der Waals surface area contributed by atoms with Crippen molar-refractivity contribution in [1.82, 2.24) is 0 Å². The Morgan fingerprint density at radius 1 is 1.00 bits per heavy atom. The van der Waals surface area contributed by atoms with Gasteiger partial charge < -0.3 is 14.4 Å². The van der Waals surface area contributed by atoms with E-state index in [0.29, 0.717) is 12.3 Å². The minimum atomic E-state index is -1.08. The second-order valence-electron chi connectivity index (χ2n) is 8.97. The molecule has 0 spiro atoms. The van der Waals surface area contributed by atoms with E-state index in [1.807, 2.05) is 17.9 Å². The van der Waals surface area contributed by atoms with Crippen LogP contribution >= 0.6 is 0 Å². The van der Waals surface area contributed by atoms with Crippen molar-refractivity contribution in [3.8, 4) is 16.9 Å².